The molecule has 0 nitrogen and oxygen atoms in total. The molecule has 2 saturated carbocycles. The van der Waals surface area contributed by atoms with Gasteiger partial charge in [0.2, 0.25) is 0 Å². The normalized spacial score (nSPS) is 33.9. The second-order valence-corrected chi connectivity index (χ2v) is 16.0. The van der Waals surface area contributed by atoms with E-state index in [1.807, 2.05) is 0 Å². The summed E-state index contributed by atoms with van der Waals surface area (Å²) in [7, 11) is 0. The van der Waals surface area contributed by atoms with Gasteiger partial charge in [-0.1, -0.05) is 0 Å². The third kappa shape index (κ3) is 5.66. The van der Waals surface area contributed by atoms with Crippen LogP contribution in [0.25, 0.3) is 0 Å². The van der Waals surface area contributed by atoms with Crippen LogP contribution in [-0.2, 0) is 23.2 Å². The molecule has 0 aromatic heterocycles. The first-order valence-corrected chi connectivity index (χ1v) is 16.6. The van der Waals surface area contributed by atoms with E-state index < -0.39 is 23.2 Å². The Bertz CT molecular complexity index is 1030. The van der Waals surface area contributed by atoms with Crippen LogP contribution in [0.4, 0.5) is 0 Å². The van der Waals surface area contributed by atoms with Crippen LogP contribution in [0.1, 0.15) is 35.8 Å². The Balaban J connectivity index is 0.00000144. The Morgan fingerprint density at radius 2 is 0.914 bits per heavy atom. The molecule has 6 rings (SSSR count). The van der Waals surface area contributed by atoms with Gasteiger partial charge in [-0.3, -0.25) is 0 Å². The molecule has 5 heteroatoms. The average molecular weight is 710 g/mol. The molecular formula is C30H28Br2Cl2Zr. The summed E-state index contributed by atoms with van der Waals surface area (Å²) in [5, 5.41) is 0. The third-order valence-corrected chi connectivity index (χ3v) is 15.1. The quantitative estimate of drug-likeness (QED) is 0.458. The number of benzene rings is 2. The number of halogens is 4. The molecule has 0 heterocycles. The molecule has 2 fully saturated rings. The molecule has 180 valence electrons. The number of hydrogen-bond acceptors (Lipinski definition) is 0. The van der Waals surface area contributed by atoms with Crippen LogP contribution >= 0.6 is 31.9 Å². The molecule has 0 aliphatic heterocycles. The number of hydrogen-bond donors (Lipinski definition) is 0. The molecule has 4 aliphatic carbocycles. The minimum Gasteiger partial charge on any atom is -1.00 e. The largest absolute Gasteiger partial charge is 1.00 e. The van der Waals surface area contributed by atoms with Gasteiger partial charge in [0.05, 0.1) is 0 Å². The van der Waals surface area contributed by atoms with Crippen molar-refractivity contribution in [3.05, 3.63) is 117 Å². The molecule has 8 atom stereocenters. The molecule has 0 saturated heterocycles. The standard InChI is InChI=1S/2C15H14Br.2ClH.Zr/c2*16-15-7-5-11(6-8-15)14-9-12-3-1-2-4-13(12)10-14;;;/h2*1-9,12-14H,10H2;2*1H;/q;;;;+2/p-2. The fraction of sp³-hybridized carbons (Fsp3) is 0.333. The van der Waals surface area contributed by atoms with Crippen LogP contribution in [0.15, 0.2) is 106 Å². The van der Waals surface area contributed by atoms with E-state index in [1.54, 1.807) is 11.1 Å². The zero-order valence-electron chi connectivity index (χ0n) is 19.3. The van der Waals surface area contributed by atoms with Gasteiger partial charge in [0, 0.05) is 0 Å². The van der Waals surface area contributed by atoms with Crippen molar-refractivity contribution >= 4 is 31.9 Å². The van der Waals surface area contributed by atoms with E-state index in [0.717, 1.165) is 30.9 Å². The van der Waals surface area contributed by atoms with Crippen LogP contribution in [0.2, 0.25) is 7.25 Å². The first-order chi connectivity index (χ1) is 16.2. The Kier molecular flexibility index (Phi) is 9.65. The van der Waals surface area contributed by atoms with Gasteiger partial charge in [0.15, 0.2) is 0 Å². The first kappa shape index (κ1) is 27.8. The van der Waals surface area contributed by atoms with Crippen molar-refractivity contribution in [2.75, 3.05) is 0 Å². The second kappa shape index (κ2) is 12.1. The molecule has 4 aliphatic rings. The van der Waals surface area contributed by atoms with Crippen LogP contribution in [-0.4, -0.2) is 0 Å². The van der Waals surface area contributed by atoms with Gasteiger partial charge >= 0.3 is 228 Å². The van der Waals surface area contributed by atoms with E-state index >= 15 is 0 Å². The Morgan fingerprint density at radius 3 is 1.31 bits per heavy atom. The fourth-order valence-corrected chi connectivity index (χ4v) is 14.0. The number of fused-ring (bicyclic) bond motifs is 2. The van der Waals surface area contributed by atoms with Crippen molar-refractivity contribution in [2.24, 2.45) is 23.7 Å². The minimum absolute atomic E-state index is 0. The van der Waals surface area contributed by atoms with Crippen molar-refractivity contribution in [3.8, 4) is 0 Å². The van der Waals surface area contributed by atoms with Crippen molar-refractivity contribution in [2.45, 2.75) is 31.9 Å². The van der Waals surface area contributed by atoms with Crippen molar-refractivity contribution < 1.29 is 48.0 Å². The Morgan fingerprint density at radius 1 is 0.543 bits per heavy atom. The SMILES string of the molecule is Brc1ccc(C2CC3C=CC=CC3[CH]2[Zr+2][CH]2C(c3ccc(Br)cc3)CC3C=CC=CC32)cc1.[Cl-].[Cl-]. The average Bonchev–Trinajstić information content (AvgIpc) is 3.39. The van der Waals surface area contributed by atoms with E-state index in [9.17, 15) is 0 Å². The van der Waals surface area contributed by atoms with Gasteiger partial charge in [-0.15, -0.1) is 0 Å². The molecule has 2 aromatic rings. The maximum atomic E-state index is 3.65. The van der Waals surface area contributed by atoms with Crippen LogP contribution < -0.4 is 24.8 Å². The second-order valence-electron chi connectivity index (χ2n) is 10.0. The minimum atomic E-state index is -0.736. The van der Waals surface area contributed by atoms with Crippen molar-refractivity contribution in [3.63, 3.8) is 0 Å². The maximum Gasteiger partial charge on any atom is -1.00 e. The monoisotopic (exact) mass is 706 g/mol. The van der Waals surface area contributed by atoms with E-state index in [-0.39, 0.29) is 24.8 Å². The molecule has 2 aromatic carbocycles. The van der Waals surface area contributed by atoms with Gasteiger partial charge < -0.3 is 24.8 Å². The molecular weight excluding hydrogens is 682 g/mol. The summed E-state index contributed by atoms with van der Waals surface area (Å²) in [6, 6.07) is 18.5. The first-order valence-electron chi connectivity index (χ1n) is 12.1. The van der Waals surface area contributed by atoms with Gasteiger partial charge in [-0.25, -0.2) is 0 Å². The summed E-state index contributed by atoms with van der Waals surface area (Å²) in [5.41, 5.74) is 3.13. The van der Waals surface area contributed by atoms with Crippen molar-refractivity contribution in [1.82, 2.24) is 0 Å². The van der Waals surface area contributed by atoms with E-state index in [2.05, 4.69) is 129 Å². The Labute approximate surface area is 250 Å². The van der Waals surface area contributed by atoms with E-state index in [0.29, 0.717) is 11.8 Å². The number of allylic oxidation sites excluding steroid dienone is 8. The zero-order valence-corrected chi connectivity index (χ0v) is 26.4. The molecule has 0 N–H and O–H groups in total. The van der Waals surface area contributed by atoms with E-state index in [4.69, 9.17) is 0 Å². The molecule has 0 bridgehead atoms. The summed E-state index contributed by atoms with van der Waals surface area (Å²) >= 11 is 6.56. The molecule has 8 unspecified atom stereocenters. The fourth-order valence-electron chi connectivity index (χ4n) is 6.78. The van der Waals surface area contributed by atoms with Gasteiger partial charge in [-0.05, 0) is 0 Å². The molecule has 0 spiro atoms. The smallest absolute Gasteiger partial charge is 1.00 e. The summed E-state index contributed by atoms with van der Waals surface area (Å²) in [6.45, 7) is 0. The molecule has 0 radical (unpaired) electrons. The summed E-state index contributed by atoms with van der Waals surface area (Å²) < 4.78 is 4.10. The molecule has 35 heavy (non-hydrogen) atoms. The summed E-state index contributed by atoms with van der Waals surface area (Å²) in [4.78, 5) is 0. The maximum absolute atomic E-state index is 3.65. The Hall–Kier alpha value is -0.177. The predicted octanol–water partition coefficient (Wildman–Crippen LogP) is 3.27. The summed E-state index contributed by atoms with van der Waals surface area (Å²) in [6.07, 6.45) is 22.0. The predicted molar refractivity (Wildman–Crippen MR) is 141 cm³/mol. The third-order valence-electron chi connectivity index (χ3n) is 8.32. The van der Waals surface area contributed by atoms with Crippen LogP contribution in [0.5, 0.6) is 0 Å². The van der Waals surface area contributed by atoms with Gasteiger partial charge in [0.1, 0.15) is 0 Å². The molecule has 0 amide bonds. The summed E-state index contributed by atoms with van der Waals surface area (Å²) in [5.74, 6) is 4.34. The zero-order chi connectivity index (χ0) is 22.4. The van der Waals surface area contributed by atoms with E-state index in [1.165, 1.54) is 21.8 Å². The van der Waals surface area contributed by atoms with Gasteiger partial charge in [-0.2, -0.15) is 0 Å². The van der Waals surface area contributed by atoms with Crippen LogP contribution in [0, 0.1) is 23.7 Å². The topological polar surface area (TPSA) is 0 Å². The van der Waals surface area contributed by atoms with Crippen molar-refractivity contribution in [1.29, 1.82) is 0 Å². The van der Waals surface area contributed by atoms with Crippen LogP contribution in [0.3, 0.4) is 0 Å². The number of rotatable bonds is 4. The van der Waals surface area contributed by atoms with Gasteiger partial charge in [0.25, 0.3) is 0 Å².